The number of aliphatic hydroxyl groups is 1. The van der Waals surface area contributed by atoms with Crippen molar-refractivity contribution in [3.8, 4) is 0 Å². The molecule has 0 aliphatic carbocycles. The third-order valence-electron chi connectivity index (χ3n) is 5.21. The van der Waals surface area contributed by atoms with Crippen molar-refractivity contribution >= 4 is 0 Å². The van der Waals surface area contributed by atoms with Crippen LogP contribution in [0.15, 0.2) is 60.7 Å². The summed E-state index contributed by atoms with van der Waals surface area (Å²) < 4.78 is 16.7. The number of methoxy groups -OCH3 is 1. The van der Waals surface area contributed by atoms with Gasteiger partial charge in [0.15, 0.2) is 0 Å². The number of hydrogen-bond donors (Lipinski definition) is 1. The molecule has 0 fully saturated rings. The van der Waals surface area contributed by atoms with Crippen LogP contribution >= 0.6 is 0 Å². The van der Waals surface area contributed by atoms with Crippen LogP contribution in [0.1, 0.15) is 37.3 Å². The lowest BCUT2D eigenvalue weighted by molar-refractivity contribution is -0.123. The van der Waals surface area contributed by atoms with Crippen LogP contribution in [0.2, 0.25) is 0 Å². The van der Waals surface area contributed by atoms with Crippen LogP contribution in [0, 0.1) is 0 Å². The predicted octanol–water partition coefficient (Wildman–Crippen LogP) is 4.25. The maximum Gasteiger partial charge on any atom is 0.147 e. The molecule has 0 amide bonds. The maximum absolute atomic E-state index is 9.51. The van der Waals surface area contributed by atoms with Crippen LogP contribution in [-0.4, -0.2) is 55.9 Å². The summed E-state index contributed by atoms with van der Waals surface area (Å²) in [6, 6.07) is 21.2. The summed E-state index contributed by atoms with van der Waals surface area (Å²) in [5.74, 6) is 0. The van der Waals surface area contributed by atoms with E-state index < -0.39 is 0 Å². The molecule has 0 unspecified atom stereocenters. The Balaban J connectivity index is 2.16. The smallest absolute Gasteiger partial charge is 0.147 e. The number of ether oxygens (including phenoxy) is 3. The summed E-state index contributed by atoms with van der Waals surface area (Å²) in [6.07, 6.45) is 2.51. The number of nitrogens with zero attached hydrogens (tertiary/aromatic N) is 1. The first-order chi connectivity index (χ1) is 14.8. The molecular weight excluding hydrogens is 378 g/mol. The summed E-state index contributed by atoms with van der Waals surface area (Å²) in [5, 5.41) is 9.51. The molecule has 0 aliphatic rings. The first-order valence-electron chi connectivity index (χ1n) is 10.9. The van der Waals surface area contributed by atoms with E-state index in [1.165, 1.54) is 11.1 Å². The zero-order valence-electron chi connectivity index (χ0n) is 18.4. The van der Waals surface area contributed by atoms with Gasteiger partial charge in [0.25, 0.3) is 0 Å². The largest absolute Gasteiger partial charge is 0.396 e. The van der Waals surface area contributed by atoms with Gasteiger partial charge in [-0.1, -0.05) is 67.6 Å². The minimum Gasteiger partial charge on any atom is -0.396 e. The first-order valence-corrected chi connectivity index (χ1v) is 10.9. The zero-order valence-corrected chi connectivity index (χ0v) is 18.4. The molecule has 0 aliphatic heterocycles. The quantitative estimate of drug-likeness (QED) is 0.328. The highest BCUT2D eigenvalue weighted by Crippen LogP contribution is 2.22. The Morgan fingerprint density at radius 2 is 1.50 bits per heavy atom. The van der Waals surface area contributed by atoms with Crippen molar-refractivity contribution in [3.63, 3.8) is 0 Å². The van der Waals surface area contributed by atoms with Crippen LogP contribution in [0.3, 0.4) is 0 Å². The van der Waals surface area contributed by atoms with Crippen LogP contribution in [0.25, 0.3) is 0 Å². The van der Waals surface area contributed by atoms with E-state index in [0.717, 1.165) is 32.4 Å². The Bertz CT molecular complexity index is 611. The molecule has 1 N–H and O–H groups in total. The van der Waals surface area contributed by atoms with Crippen molar-refractivity contribution in [2.24, 2.45) is 0 Å². The highest BCUT2D eigenvalue weighted by molar-refractivity contribution is 5.17. The Morgan fingerprint density at radius 1 is 0.900 bits per heavy atom. The average Bonchev–Trinajstić information content (AvgIpc) is 2.79. The average molecular weight is 416 g/mol. The fourth-order valence-electron chi connectivity index (χ4n) is 3.67. The van der Waals surface area contributed by atoms with Gasteiger partial charge < -0.3 is 19.3 Å². The first kappa shape index (κ1) is 24.5. The van der Waals surface area contributed by atoms with Gasteiger partial charge in [-0.2, -0.15) is 0 Å². The number of hydrogen-bond acceptors (Lipinski definition) is 5. The molecule has 0 heterocycles. The lowest BCUT2D eigenvalue weighted by Gasteiger charge is -2.37. The Labute approximate surface area is 181 Å². The maximum atomic E-state index is 9.51. The van der Waals surface area contributed by atoms with Crippen molar-refractivity contribution in [2.45, 2.75) is 51.4 Å². The molecule has 0 aromatic heterocycles. The van der Waals surface area contributed by atoms with Gasteiger partial charge in [0.2, 0.25) is 0 Å². The minimum absolute atomic E-state index is 0.0199. The molecule has 5 nitrogen and oxygen atoms in total. The summed E-state index contributed by atoms with van der Waals surface area (Å²) in [4.78, 5) is 2.48. The van der Waals surface area contributed by atoms with E-state index in [2.05, 4.69) is 60.4 Å². The molecule has 5 heteroatoms. The molecule has 2 aromatic carbocycles. The lowest BCUT2D eigenvalue weighted by atomic mass is 9.99. The lowest BCUT2D eigenvalue weighted by Crippen LogP contribution is -2.44. The van der Waals surface area contributed by atoms with Gasteiger partial charge >= 0.3 is 0 Å². The van der Waals surface area contributed by atoms with Gasteiger partial charge in [0.1, 0.15) is 6.79 Å². The van der Waals surface area contributed by atoms with E-state index in [-0.39, 0.29) is 25.5 Å². The van der Waals surface area contributed by atoms with E-state index in [4.69, 9.17) is 14.2 Å². The summed E-state index contributed by atoms with van der Waals surface area (Å²) in [7, 11) is 1.66. The number of rotatable bonds is 16. The van der Waals surface area contributed by atoms with E-state index >= 15 is 0 Å². The summed E-state index contributed by atoms with van der Waals surface area (Å²) in [5.41, 5.74) is 2.54. The highest BCUT2D eigenvalue weighted by atomic mass is 16.7. The second-order valence-corrected chi connectivity index (χ2v) is 7.44. The van der Waals surface area contributed by atoms with Crippen LogP contribution < -0.4 is 0 Å². The Hall–Kier alpha value is -1.76. The molecule has 2 atom stereocenters. The van der Waals surface area contributed by atoms with Gasteiger partial charge in [-0.3, -0.25) is 4.90 Å². The minimum atomic E-state index is 0.0199. The monoisotopic (exact) mass is 415 g/mol. The zero-order chi connectivity index (χ0) is 21.4. The van der Waals surface area contributed by atoms with Crippen LogP contribution in [-0.2, 0) is 27.3 Å². The van der Waals surface area contributed by atoms with Gasteiger partial charge in [0.05, 0.1) is 19.3 Å². The van der Waals surface area contributed by atoms with Crippen molar-refractivity contribution in [1.29, 1.82) is 0 Å². The Morgan fingerprint density at radius 3 is 2.00 bits per heavy atom. The molecule has 0 saturated heterocycles. The molecule has 30 heavy (non-hydrogen) atoms. The van der Waals surface area contributed by atoms with Crippen molar-refractivity contribution in [1.82, 2.24) is 4.90 Å². The fraction of sp³-hybridized carbons (Fsp3) is 0.520. The molecule has 2 aromatic rings. The van der Waals surface area contributed by atoms with Gasteiger partial charge in [0, 0.05) is 32.8 Å². The standard InChI is InChI=1S/C25H37NO4/c1-3-25(30-21-29-18-17-28-2)24(15-10-16-27)26(19-22-11-6-4-7-12-22)20-23-13-8-5-9-14-23/h4-9,11-14,24-25,27H,3,10,15-21H2,1-2H3/t24-,25-/m0/s1. The van der Waals surface area contributed by atoms with Gasteiger partial charge in [-0.25, -0.2) is 0 Å². The van der Waals surface area contributed by atoms with Gasteiger partial charge in [-0.15, -0.1) is 0 Å². The van der Waals surface area contributed by atoms with E-state index in [1.54, 1.807) is 7.11 Å². The second kappa shape index (κ2) is 15.1. The normalized spacial score (nSPS) is 13.5. The SMILES string of the molecule is CC[C@H](OCOCCOC)[C@H](CCCO)N(Cc1ccccc1)Cc1ccccc1. The number of aliphatic hydroxyl groups excluding tert-OH is 1. The Kier molecular flexibility index (Phi) is 12.3. The van der Waals surface area contributed by atoms with E-state index in [0.29, 0.717) is 13.2 Å². The number of benzene rings is 2. The topological polar surface area (TPSA) is 51.2 Å². The molecule has 0 bridgehead atoms. The molecule has 0 saturated carbocycles. The predicted molar refractivity (Wildman–Crippen MR) is 120 cm³/mol. The molecular formula is C25H37NO4. The molecule has 0 spiro atoms. The van der Waals surface area contributed by atoms with Gasteiger partial charge in [-0.05, 0) is 30.4 Å². The van der Waals surface area contributed by atoms with Crippen molar-refractivity contribution in [3.05, 3.63) is 71.8 Å². The molecule has 2 rings (SSSR count). The summed E-state index contributed by atoms with van der Waals surface area (Å²) >= 11 is 0. The van der Waals surface area contributed by atoms with E-state index in [9.17, 15) is 5.11 Å². The second-order valence-electron chi connectivity index (χ2n) is 7.44. The molecule has 0 radical (unpaired) electrons. The third kappa shape index (κ3) is 8.94. The fourth-order valence-corrected chi connectivity index (χ4v) is 3.67. The third-order valence-corrected chi connectivity index (χ3v) is 5.21. The van der Waals surface area contributed by atoms with E-state index in [1.807, 2.05) is 12.1 Å². The molecule has 166 valence electrons. The summed E-state index contributed by atoms with van der Waals surface area (Å²) in [6.45, 7) is 5.32. The highest BCUT2D eigenvalue weighted by Gasteiger charge is 2.27. The van der Waals surface area contributed by atoms with Crippen molar-refractivity contribution in [2.75, 3.05) is 33.7 Å². The van der Waals surface area contributed by atoms with Crippen molar-refractivity contribution < 1.29 is 19.3 Å². The van der Waals surface area contributed by atoms with Crippen LogP contribution in [0.4, 0.5) is 0 Å². The van der Waals surface area contributed by atoms with Crippen LogP contribution in [0.5, 0.6) is 0 Å².